The van der Waals surface area contributed by atoms with Crippen molar-refractivity contribution in [3.05, 3.63) is 47.1 Å². The Hall–Kier alpha value is -2.61. The molecule has 0 saturated carbocycles. The van der Waals surface area contributed by atoms with Crippen LogP contribution in [-0.2, 0) is 13.7 Å². The van der Waals surface area contributed by atoms with Crippen LogP contribution in [0.3, 0.4) is 0 Å². The molecule has 112 valence electrons. The lowest BCUT2D eigenvalue weighted by Crippen LogP contribution is -2.05. The molecular formula is C13H10ClFN6O. The van der Waals surface area contributed by atoms with Crippen molar-refractivity contribution in [3.8, 4) is 17.3 Å². The molecule has 3 rings (SSSR count). The highest BCUT2D eigenvalue weighted by Crippen LogP contribution is 2.20. The predicted molar refractivity (Wildman–Crippen MR) is 75.6 cm³/mol. The van der Waals surface area contributed by atoms with Gasteiger partial charge in [-0.15, -0.1) is 15.3 Å². The summed E-state index contributed by atoms with van der Waals surface area (Å²) in [5.41, 5.74) is 1.70. The quantitative estimate of drug-likeness (QED) is 0.732. The summed E-state index contributed by atoms with van der Waals surface area (Å²) in [7, 11) is 1.73. The van der Waals surface area contributed by atoms with Gasteiger partial charge >= 0.3 is 0 Å². The van der Waals surface area contributed by atoms with Gasteiger partial charge in [-0.25, -0.2) is 9.07 Å². The van der Waals surface area contributed by atoms with Crippen molar-refractivity contribution in [2.24, 2.45) is 7.05 Å². The van der Waals surface area contributed by atoms with Gasteiger partial charge in [-0.2, -0.15) is 0 Å². The predicted octanol–water partition coefficient (Wildman–Crippen LogP) is 2.04. The molecule has 3 aromatic heterocycles. The van der Waals surface area contributed by atoms with Crippen molar-refractivity contribution in [1.29, 1.82) is 0 Å². The average molecular weight is 321 g/mol. The first kappa shape index (κ1) is 14.3. The van der Waals surface area contributed by atoms with Gasteiger partial charge in [0.1, 0.15) is 23.8 Å². The van der Waals surface area contributed by atoms with Crippen LogP contribution in [0.15, 0.2) is 30.5 Å². The molecule has 0 fully saturated rings. The zero-order chi connectivity index (χ0) is 15.5. The fraction of sp³-hybridized carbons (Fsp3) is 0.154. The fourth-order valence-corrected chi connectivity index (χ4v) is 1.88. The number of hydrogen-bond donors (Lipinski definition) is 0. The summed E-state index contributed by atoms with van der Waals surface area (Å²) in [5.74, 6) is -0.0921. The Morgan fingerprint density at radius 3 is 2.73 bits per heavy atom. The average Bonchev–Trinajstić information content (AvgIpc) is 2.89. The maximum absolute atomic E-state index is 13.0. The van der Waals surface area contributed by atoms with Gasteiger partial charge < -0.3 is 4.74 Å². The van der Waals surface area contributed by atoms with Crippen LogP contribution in [0.5, 0.6) is 5.88 Å². The third-order valence-electron chi connectivity index (χ3n) is 2.88. The molecule has 9 heteroatoms. The van der Waals surface area contributed by atoms with E-state index in [1.54, 1.807) is 23.9 Å². The first-order valence-corrected chi connectivity index (χ1v) is 6.64. The third-order valence-corrected chi connectivity index (χ3v) is 3.08. The number of aryl methyl sites for hydroxylation is 1. The van der Waals surface area contributed by atoms with Gasteiger partial charge in [0.2, 0.25) is 5.88 Å². The van der Waals surface area contributed by atoms with Crippen molar-refractivity contribution in [1.82, 2.24) is 30.2 Å². The smallest absolute Gasteiger partial charge is 0.233 e. The molecule has 0 bridgehead atoms. The Morgan fingerprint density at radius 1 is 1.18 bits per heavy atom. The number of aromatic nitrogens is 6. The molecule has 0 N–H and O–H groups in total. The molecule has 0 amide bonds. The first-order chi connectivity index (χ1) is 10.6. The van der Waals surface area contributed by atoms with Crippen LogP contribution < -0.4 is 4.74 Å². The highest BCUT2D eigenvalue weighted by Gasteiger charge is 2.15. The van der Waals surface area contributed by atoms with Gasteiger partial charge in [0, 0.05) is 13.1 Å². The molecule has 0 aliphatic carbocycles. The second kappa shape index (κ2) is 6.02. The zero-order valence-electron chi connectivity index (χ0n) is 11.4. The maximum Gasteiger partial charge on any atom is 0.233 e. The number of pyridine rings is 1. The van der Waals surface area contributed by atoms with E-state index in [2.05, 4.69) is 25.5 Å². The Labute approximate surface area is 129 Å². The highest BCUT2D eigenvalue weighted by molar-refractivity contribution is 6.29. The minimum Gasteiger partial charge on any atom is -0.470 e. The van der Waals surface area contributed by atoms with E-state index in [0.29, 0.717) is 23.0 Å². The molecule has 0 unspecified atom stereocenters. The van der Waals surface area contributed by atoms with E-state index in [1.807, 2.05) is 0 Å². The summed E-state index contributed by atoms with van der Waals surface area (Å²) in [6.45, 7) is 0.161. The van der Waals surface area contributed by atoms with Crippen LogP contribution in [0.25, 0.3) is 11.4 Å². The summed E-state index contributed by atoms with van der Waals surface area (Å²) in [5, 5.41) is 15.7. The fourth-order valence-electron chi connectivity index (χ4n) is 1.78. The lowest BCUT2D eigenvalue weighted by atomic mass is 10.2. The van der Waals surface area contributed by atoms with Crippen LogP contribution in [0.4, 0.5) is 4.39 Å². The summed E-state index contributed by atoms with van der Waals surface area (Å²) in [6.07, 6.45) is 1.12. The first-order valence-electron chi connectivity index (χ1n) is 6.26. The molecule has 7 nitrogen and oxygen atoms in total. The van der Waals surface area contributed by atoms with E-state index in [-0.39, 0.29) is 11.8 Å². The summed E-state index contributed by atoms with van der Waals surface area (Å²) in [4.78, 5) is 4.00. The minimum atomic E-state index is -0.415. The van der Waals surface area contributed by atoms with E-state index in [0.717, 1.165) is 6.20 Å². The largest absolute Gasteiger partial charge is 0.470 e. The summed E-state index contributed by atoms with van der Waals surface area (Å²) >= 11 is 5.66. The van der Waals surface area contributed by atoms with Crippen molar-refractivity contribution in [3.63, 3.8) is 0 Å². The molecule has 0 atom stereocenters. The highest BCUT2D eigenvalue weighted by atomic mass is 35.5. The van der Waals surface area contributed by atoms with Gasteiger partial charge in [-0.1, -0.05) is 16.8 Å². The van der Waals surface area contributed by atoms with Crippen LogP contribution in [-0.4, -0.2) is 30.2 Å². The molecule has 0 aliphatic rings. The topological polar surface area (TPSA) is 78.6 Å². The molecule has 0 aliphatic heterocycles. The van der Waals surface area contributed by atoms with E-state index >= 15 is 0 Å². The monoisotopic (exact) mass is 320 g/mol. The Balaban J connectivity index is 1.83. The normalized spacial score (nSPS) is 10.7. The third kappa shape index (κ3) is 3.01. The van der Waals surface area contributed by atoms with Gasteiger partial charge in [-0.3, -0.25) is 4.98 Å². The van der Waals surface area contributed by atoms with Crippen molar-refractivity contribution < 1.29 is 9.13 Å². The van der Waals surface area contributed by atoms with Gasteiger partial charge in [0.05, 0.1) is 11.9 Å². The van der Waals surface area contributed by atoms with Crippen LogP contribution in [0.2, 0.25) is 5.15 Å². The van der Waals surface area contributed by atoms with Gasteiger partial charge in [0.15, 0.2) is 5.15 Å². The lowest BCUT2D eigenvalue weighted by molar-refractivity contribution is 0.280. The summed E-state index contributed by atoms with van der Waals surface area (Å²) < 4.78 is 20.1. The Kier molecular flexibility index (Phi) is 3.92. The van der Waals surface area contributed by atoms with Gasteiger partial charge in [-0.05, 0) is 18.2 Å². The molecule has 0 saturated heterocycles. The summed E-state index contributed by atoms with van der Waals surface area (Å²) in [6, 6.07) is 6.03. The molecule has 0 radical (unpaired) electrons. The van der Waals surface area contributed by atoms with Crippen molar-refractivity contribution >= 4 is 11.6 Å². The number of nitrogens with zero attached hydrogens (tertiary/aromatic N) is 6. The maximum atomic E-state index is 13.0. The van der Waals surface area contributed by atoms with Crippen LogP contribution in [0, 0.1) is 5.82 Å². The second-order valence-corrected chi connectivity index (χ2v) is 4.74. The molecule has 0 aromatic carbocycles. The van der Waals surface area contributed by atoms with E-state index in [9.17, 15) is 4.39 Å². The van der Waals surface area contributed by atoms with E-state index in [1.165, 1.54) is 12.1 Å². The van der Waals surface area contributed by atoms with Gasteiger partial charge in [0.25, 0.3) is 0 Å². The SMILES string of the molecule is Cn1nnc(-c2ccc(F)cn2)c1COc1ccc(Cl)nn1. The second-order valence-electron chi connectivity index (χ2n) is 4.35. The molecule has 22 heavy (non-hydrogen) atoms. The number of hydrogen-bond acceptors (Lipinski definition) is 6. The van der Waals surface area contributed by atoms with Crippen LogP contribution >= 0.6 is 11.6 Å². The number of ether oxygens (including phenoxy) is 1. The molecule has 0 spiro atoms. The molecular weight excluding hydrogens is 311 g/mol. The standard InChI is InChI=1S/C13H10ClFN6O/c1-21-10(7-22-12-5-4-11(14)17-18-12)13(19-20-21)9-3-2-8(15)6-16-9/h2-6H,7H2,1H3. The number of rotatable bonds is 4. The minimum absolute atomic E-state index is 0.161. The van der Waals surface area contributed by atoms with E-state index < -0.39 is 5.82 Å². The van der Waals surface area contributed by atoms with E-state index in [4.69, 9.17) is 16.3 Å². The lowest BCUT2D eigenvalue weighted by Gasteiger charge is -2.06. The molecule has 3 aromatic rings. The van der Waals surface area contributed by atoms with Crippen molar-refractivity contribution in [2.75, 3.05) is 0 Å². The zero-order valence-corrected chi connectivity index (χ0v) is 12.2. The Bertz CT molecular complexity index is 774. The number of halogens is 2. The van der Waals surface area contributed by atoms with Crippen molar-refractivity contribution in [2.45, 2.75) is 6.61 Å². The molecule has 3 heterocycles. The van der Waals surface area contributed by atoms with Crippen LogP contribution in [0.1, 0.15) is 5.69 Å². The Morgan fingerprint density at radius 2 is 2.05 bits per heavy atom.